The molecule has 0 aliphatic carbocycles. The molecule has 0 spiro atoms. The maximum Gasteiger partial charge on any atom is 0.125 e. The van der Waals surface area contributed by atoms with Crippen molar-refractivity contribution in [1.29, 1.82) is 0 Å². The van der Waals surface area contributed by atoms with Gasteiger partial charge in [0.2, 0.25) is 0 Å². The Kier molecular flexibility index (Phi) is 3.05. The fourth-order valence-corrected chi connectivity index (χ4v) is 2.27. The predicted octanol–water partition coefficient (Wildman–Crippen LogP) is 3.72. The van der Waals surface area contributed by atoms with Crippen LogP contribution in [0.5, 0.6) is 0 Å². The van der Waals surface area contributed by atoms with Gasteiger partial charge in [0, 0.05) is 34.0 Å². The number of rotatable bonds is 2. The third-order valence-corrected chi connectivity index (χ3v) is 3.17. The first-order chi connectivity index (χ1) is 9.22. The molecule has 4 nitrogen and oxygen atoms in total. The van der Waals surface area contributed by atoms with E-state index in [1.165, 1.54) is 0 Å². The molecule has 2 aromatic heterocycles. The summed E-state index contributed by atoms with van der Waals surface area (Å²) in [6, 6.07) is 11.7. The van der Waals surface area contributed by atoms with Crippen molar-refractivity contribution in [3.05, 3.63) is 53.3 Å². The van der Waals surface area contributed by atoms with E-state index in [1.54, 1.807) is 18.5 Å². The Balaban J connectivity index is 2.06. The standard InChI is InChI=1S/C14H11BrN4/c15-10-6-9-2-1-3-12(14(9)18-8-10)19-11-4-5-17-13(16)7-11/h1-8H,(H3,16,17,19). The van der Waals surface area contributed by atoms with Crippen LogP contribution in [-0.2, 0) is 0 Å². The molecule has 1 aromatic carbocycles. The lowest BCUT2D eigenvalue weighted by Crippen LogP contribution is -1.95. The highest BCUT2D eigenvalue weighted by Gasteiger charge is 2.03. The molecule has 2 heterocycles. The zero-order valence-corrected chi connectivity index (χ0v) is 11.6. The number of nitrogens with one attached hydrogen (secondary N) is 1. The first-order valence-electron chi connectivity index (χ1n) is 5.75. The van der Waals surface area contributed by atoms with Crippen LogP contribution in [0, 0.1) is 0 Å². The van der Waals surface area contributed by atoms with Gasteiger partial charge in [-0.2, -0.15) is 0 Å². The van der Waals surface area contributed by atoms with Crippen LogP contribution in [0.25, 0.3) is 10.9 Å². The second kappa shape index (κ2) is 4.85. The van der Waals surface area contributed by atoms with Gasteiger partial charge >= 0.3 is 0 Å². The van der Waals surface area contributed by atoms with Crippen LogP contribution in [-0.4, -0.2) is 9.97 Å². The zero-order valence-electron chi connectivity index (χ0n) is 9.97. The molecule has 0 saturated carbocycles. The van der Waals surface area contributed by atoms with E-state index in [-0.39, 0.29) is 0 Å². The molecular weight excluding hydrogens is 304 g/mol. The van der Waals surface area contributed by atoms with Crippen LogP contribution < -0.4 is 11.1 Å². The molecule has 0 bridgehead atoms. The molecule has 19 heavy (non-hydrogen) atoms. The van der Waals surface area contributed by atoms with Crippen molar-refractivity contribution in [2.45, 2.75) is 0 Å². The van der Waals surface area contributed by atoms with Crippen molar-refractivity contribution in [1.82, 2.24) is 9.97 Å². The number of para-hydroxylation sites is 1. The minimum absolute atomic E-state index is 0.487. The minimum Gasteiger partial charge on any atom is -0.384 e. The molecule has 0 aliphatic rings. The molecule has 3 N–H and O–H groups in total. The number of nitrogens with zero attached hydrogens (tertiary/aromatic N) is 2. The zero-order chi connectivity index (χ0) is 13.2. The van der Waals surface area contributed by atoms with E-state index in [4.69, 9.17) is 5.73 Å². The molecule has 0 radical (unpaired) electrons. The first kappa shape index (κ1) is 11.9. The Morgan fingerprint density at radius 3 is 2.84 bits per heavy atom. The summed E-state index contributed by atoms with van der Waals surface area (Å²) >= 11 is 3.43. The maximum atomic E-state index is 5.67. The number of benzene rings is 1. The van der Waals surface area contributed by atoms with Gasteiger partial charge in [-0.25, -0.2) is 4.98 Å². The van der Waals surface area contributed by atoms with Gasteiger partial charge in [0.1, 0.15) is 5.82 Å². The highest BCUT2D eigenvalue weighted by atomic mass is 79.9. The van der Waals surface area contributed by atoms with Gasteiger partial charge in [0.25, 0.3) is 0 Å². The molecular formula is C14H11BrN4. The summed E-state index contributed by atoms with van der Waals surface area (Å²) < 4.78 is 0.963. The minimum atomic E-state index is 0.487. The second-order valence-corrected chi connectivity index (χ2v) is 5.04. The van der Waals surface area contributed by atoms with E-state index in [9.17, 15) is 0 Å². The molecule has 3 aromatic rings. The summed E-state index contributed by atoms with van der Waals surface area (Å²) in [6.45, 7) is 0. The highest BCUT2D eigenvalue weighted by molar-refractivity contribution is 9.10. The number of anilines is 3. The van der Waals surface area contributed by atoms with Crippen molar-refractivity contribution in [2.75, 3.05) is 11.1 Å². The quantitative estimate of drug-likeness (QED) is 0.756. The third kappa shape index (κ3) is 2.51. The van der Waals surface area contributed by atoms with E-state index >= 15 is 0 Å². The average Bonchev–Trinajstić information content (AvgIpc) is 2.38. The summed E-state index contributed by atoms with van der Waals surface area (Å²) in [6.07, 6.45) is 3.46. The summed E-state index contributed by atoms with van der Waals surface area (Å²) in [4.78, 5) is 8.41. The largest absolute Gasteiger partial charge is 0.384 e. The lowest BCUT2D eigenvalue weighted by atomic mass is 10.2. The lowest BCUT2D eigenvalue weighted by molar-refractivity contribution is 1.33. The Labute approximate surface area is 118 Å². The van der Waals surface area contributed by atoms with Crippen LogP contribution in [0.2, 0.25) is 0 Å². The van der Waals surface area contributed by atoms with Gasteiger partial charge in [-0.1, -0.05) is 12.1 Å². The average molecular weight is 315 g/mol. The van der Waals surface area contributed by atoms with Gasteiger partial charge in [-0.3, -0.25) is 4.98 Å². The first-order valence-corrected chi connectivity index (χ1v) is 6.54. The topological polar surface area (TPSA) is 63.8 Å². The molecule has 3 rings (SSSR count). The predicted molar refractivity (Wildman–Crippen MR) is 81.4 cm³/mol. The number of fused-ring (bicyclic) bond motifs is 1. The molecule has 0 saturated heterocycles. The van der Waals surface area contributed by atoms with Gasteiger partial charge in [-0.05, 0) is 34.1 Å². The molecule has 94 valence electrons. The molecule has 0 unspecified atom stereocenters. The number of aromatic nitrogens is 2. The lowest BCUT2D eigenvalue weighted by Gasteiger charge is -2.09. The number of nitrogen functional groups attached to an aromatic ring is 1. The van der Waals surface area contributed by atoms with Crippen LogP contribution in [0.1, 0.15) is 0 Å². The summed E-state index contributed by atoms with van der Waals surface area (Å²) in [7, 11) is 0. The normalized spacial score (nSPS) is 10.6. The van der Waals surface area contributed by atoms with Gasteiger partial charge in [0.05, 0.1) is 11.2 Å². The second-order valence-electron chi connectivity index (χ2n) is 4.13. The number of halogens is 1. The Hall–Kier alpha value is -2.14. The fourth-order valence-electron chi connectivity index (χ4n) is 1.92. The number of hydrogen-bond acceptors (Lipinski definition) is 4. The maximum absolute atomic E-state index is 5.67. The number of pyridine rings is 2. The smallest absolute Gasteiger partial charge is 0.125 e. The third-order valence-electron chi connectivity index (χ3n) is 2.74. The van der Waals surface area contributed by atoms with Crippen molar-refractivity contribution >= 4 is 44.0 Å². The molecule has 0 fully saturated rings. The van der Waals surface area contributed by atoms with Crippen LogP contribution in [0.3, 0.4) is 0 Å². The van der Waals surface area contributed by atoms with Crippen molar-refractivity contribution in [3.8, 4) is 0 Å². The van der Waals surface area contributed by atoms with Gasteiger partial charge in [-0.15, -0.1) is 0 Å². The summed E-state index contributed by atoms with van der Waals surface area (Å²) in [5, 5.41) is 4.38. The molecule has 0 aliphatic heterocycles. The van der Waals surface area contributed by atoms with E-state index in [2.05, 4.69) is 31.2 Å². The van der Waals surface area contributed by atoms with Crippen molar-refractivity contribution in [2.24, 2.45) is 0 Å². The number of hydrogen-bond donors (Lipinski definition) is 2. The van der Waals surface area contributed by atoms with Crippen LogP contribution in [0.15, 0.2) is 53.3 Å². The van der Waals surface area contributed by atoms with Crippen molar-refractivity contribution < 1.29 is 0 Å². The highest BCUT2D eigenvalue weighted by Crippen LogP contribution is 2.26. The number of nitrogens with two attached hydrogens (primary N) is 1. The summed E-state index contributed by atoms with van der Waals surface area (Å²) in [5.41, 5.74) is 8.42. The van der Waals surface area contributed by atoms with E-state index in [0.29, 0.717) is 5.82 Å². The van der Waals surface area contributed by atoms with E-state index in [0.717, 1.165) is 26.8 Å². The Bertz CT molecular complexity index is 742. The van der Waals surface area contributed by atoms with E-state index in [1.807, 2.05) is 30.3 Å². The van der Waals surface area contributed by atoms with E-state index < -0.39 is 0 Å². The Morgan fingerprint density at radius 2 is 2.00 bits per heavy atom. The van der Waals surface area contributed by atoms with Crippen molar-refractivity contribution in [3.63, 3.8) is 0 Å². The Morgan fingerprint density at radius 1 is 1.11 bits per heavy atom. The SMILES string of the molecule is Nc1cc(Nc2cccc3cc(Br)cnc23)ccn1. The van der Waals surface area contributed by atoms with Crippen LogP contribution in [0.4, 0.5) is 17.2 Å². The van der Waals surface area contributed by atoms with Crippen LogP contribution >= 0.6 is 15.9 Å². The van der Waals surface area contributed by atoms with Gasteiger partial charge in [0.15, 0.2) is 0 Å². The summed E-state index contributed by atoms with van der Waals surface area (Å²) in [5.74, 6) is 0.487. The van der Waals surface area contributed by atoms with Gasteiger partial charge < -0.3 is 11.1 Å². The monoisotopic (exact) mass is 314 g/mol. The fraction of sp³-hybridized carbons (Fsp3) is 0. The molecule has 0 atom stereocenters. The molecule has 0 amide bonds. The molecule has 5 heteroatoms.